The number of ether oxygens (including phenoxy) is 2. The van der Waals surface area contributed by atoms with E-state index in [0.717, 1.165) is 28.6 Å². The Morgan fingerprint density at radius 1 is 0.933 bits per heavy atom. The summed E-state index contributed by atoms with van der Waals surface area (Å²) in [4.78, 5) is 10.3. The van der Waals surface area contributed by atoms with Crippen molar-refractivity contribution in [1.29, 1.82) is 0 Å². The molecule has 0 fully saturated rings. The molecule has 0 aliphatic heterocycles. The van der Waals surface area contributed by atoms with Crippen molar-refractivity contribution in [2.24, 2.45) is 10.9 Å². The van der Waals surface area contributed by atoms with Gasteiger partial charge in [-0.25, -0.2) is 4.99 Å². The van der Waals surface area contributed by atoms with Crippen LogP contribution in [-0.4, -0.2) is 12.9 Å². The van der Waals surface area contributed by atoms with Gasteiger partial charge >= 0.3 is 0 Å². The molecule has 0 aliphatic rings. The number of hydrogen-bond donors (Lipinski definition) is 1. The summed E-state index contributed by atoms with van der Waals surface area (Å²) < 4.78 is 11.2. The van der Waals surface area contributed by atoms with Gasteiger partial charge in [0, 0.05) is 17.0 Å². The largest absolute Gasteiger partial charge is 0.497 e. The van der Waals surface area contributed by atoms with E-state index < -0.39 is 0 Å². The highest BCUT2D eigenvalue weighted by molar-refractivity contribution is 6.30. The van der Waals surface area contributed by atoms with Crippen molar-refractivity contribution in [3.05, 3.63) is 83.4 Å². The van der Waals surface area contributed by atoms with Crippen molar-refractivity contribution < 1.29 is 14.3 Å². The Hall–Kier alpha value is -3.02. The lowest BCUT2D eigenvalue weighted by atomic mass is 10.2. The van der Waals surface area contributed by atoms with Gasteiger partial charge in [0.25, 0.3) is 0 Å². The lowest BCUT2D eigenvalue weighted by Crippen LogP contribution is -2.28. The molecule has 0 unspecified atom stereocenters. The molecule has 1 N–H and O–H groups in total. The first kappa shape index (κ1) is 21.7. The van der Waals surface area contributed by atoms with Gasteiger partial charge in [-0.05, 0) is 54.1 Å². The Kier molecular flexibility index (Phi) is 7.71. The standard InChI is InChI=1S/C24H25ClN2O3/c1-17(2)24(26-20-12-10-19(25)11-13-20)27-29-16-18-6-4-8-22(14-18)30-23-9-5-7-21(15-23)28-3/h4-15,17H,16H2,1-3H3,(H,26,27). The lowest BCUT2D eigenvalue weighted by Gasteiger charge is -2.14. The predicted molar refractivity (Wildman–Crippen MR) is 121 cm³/mol. The molecule has 0 saturated carbocycles. The van der Waals surface area contributed by atoms with Crippen LogP contribution in [0.4, 0.5) is 5.69 Å². The fourth-order valence-electron chi connectivity index (χ4n) is 2.62. The molecule has 0 aromatic heterocycles. The number of aliphatic imine (C=N–C) groups is 1. The number of rotatable bonds is 8. The van der Waals surface area contributed by atoms with Crippen LogP contribution in [-0.2, 0) is 11.4 Å². The zero-order valence-electron chi connectivity index (χ0n) is 17.3. The Balaban J connectivity index is 1.60. The topological polar surface area (TPSA) is 52.1 Å². The highest BCUT2D eigenvalue weighted by Gasteiger charge is 2.07. The van der Waals surface area contributed by atoms with Gasteiger partial charge in [0.15, 0.2) is 0 Å². The van der Waals surface area contributed by atoms with E-state index in [-0.39, 0.29) is 5.92 Å². The minimum atomic E-state index is 0.170. The second kappa shape index (κ2) is 10.7. The van der Waals surface area contributed by atoms with Crippen LogP contribution in [0.2, 0.25) is 5.02 Å². The third-order valence-electron chi connectivity index (χ3n) is 4.21. The van der Waals surface area contributed by atoms with Crippen molar-refractivity contribution >= 4 is 23.1 Å². The van der Waals surface area contributed by atoms with Crippen molar-refractivity contribution in [2.75, 3.05) is 7.11 Å². The maximum absolute atomic E-state index is 5.94. The Morgan fingerprint density at radius 2 is 1.60 bits per heavy atom. The lowest BCUT2D eigenvalue weighted by molar-refractivity contribution is 0.0683. The summed E-state index contributed by atoms with van der Waals surface area (Å²) in [7, 11) is 1.63. The number of nitrogens with one attached hydrogen (secondary N) is 1. The zero-order chi connectivity index (χ0) is 21.3. The van der Waals surface area contributed by atoms with E-state index >= 15 is 0 Å². The number of methoxy groups -OCH3 is 1. The molecule has 3 aromatic carbocycles. The van der Waals surface area contributed by atoms with Crippen LogP contribution >= 0.6 is 11.6 Å². The highest BCUT2D eigenvalue weighted by Crippen LogP contribution is 2.26. The average Bonchev–Trinajstić information content (AvgIpc) is 2.75. The van der Waals surface area contributed by atoms with Gasteiger partial charge in [0.1, 0.15) is 23.1 Å². The van der Waals surface area contributed by atoms with Gasteiger partial charge in [0.2, 0.25) is 0 Å². The molecule has 3 aromatic rings. The summed E-state index contributed by atoms with van der Waals surface area (Å²) in [6, 6.07) is 22.6. The summed E-state index contributed by atoms with van der Waals surface area (Å²) in [6.07, 6.45) is 0. The summed E-state index contributed by atoms with van der Waals surface area (Å²) in [6.45, 7) is 4.46. The first-order valence-corrected chi connectivity index (χ1v) is 10.0. The molecule has 6 heteroatoms. The Morgan fingerprint density at radius 3 is 2.30 bits per heavy atom. The molecular formula is C24H25ClN2O3. The van der Waals surface area contributed by atoms with Gasteiger partial charge in [-0.3, -0.25) is 10.3 Å². The van der Waals surface area contributed by atoms with E-state index in [1.54, 1.807) is 7.11 Å². The second-order valence-corrected chi connectivity index (χ2v) is 7.38. The normalized spacial score (nSPS) is 11.4. The minimum absolute atomic E-state index is 0.170. The van der Waals surface area contributed by atoms with Crippen LogP contribution in [0.5, 0.6) is 17.2 Å². The second-order valence-electron chi connectivity index (χ2n) is 6.95. The predicted octanol–water partition coefficient (Wildman–Crippen LogP) is 6.55. The van der Waals surface area contributed by atoms with Crippen LogP contribution < -0.4 is 15.0 Å². The number of halogens is 1. The molecule has 3 rings (SSSR count). The quantitative estimate of drug-likeness (QED) is 0.253. The maximum atomic E-state index is 5.94. The molecule has 0 aliphatic carbocycles. The van der Waals surface area contributed by atoms with Crippen LogP contribution in [0.3, 0.4) is 0 Å². The summed E-state index contributed by atoms with van der Waals surface area (Å²) >= 11 is 5.94. The SMILES string of the molecule is COc1cccc(Oc2cccc(CONC(=Nc3ccc(Cl)cc3)C(C)C)c2)c1. The van der Waals surface area contributed by atoms with Crippen LogP contribution in [0.15, 0.2) is 77.8 Å². The molecule has 0 amide bonds. The third kappa shape index (κ3) is 6.51. The Bertz CT molecular complexity index is 988. The number of hydroxylamine groups is 1. The number of amidine groups is 1. The molecule has 0 atom stereocenters. The van der Waals surface area contributed by atoms with Crippen LogP contribution in [0, 0.1) is 5.92 Å². The number of nitrogens with zero attached hydrogens (tertiary/aromatic N) is 1. The number of hydrogen-bond acceptors (Lipinski definition) is 4. The van der Waals surface area contributed by atoms with Crippen molar-refractivity contribution in [1.82, 2.24) is 5.48 Å². The van der Waals surface area contributed by atoms with E-state index in [4.69, 9.17) is 25.9 Å². The molecule has 156 valence electrons. The first-order chi connectivity index (χ1) is 14.5. The van der Waals surface area contributed by atoms with Gasteiger partial charge < -0.3 is 9.47 Å². The Labute approximate surface area is 182 Å². The molecule has 0 spiro atoms. The van der Waals surface area contributed by atoms with Gasteiger partial charge in [0.05, 0.1) is 19.4 Å². The number of benzene rings is 3. The zero-order valence-corrected chi connectivity index (χ0v) is 18.0. The van der Waals surface area contributed by atoms with Gasteiger partial charge in [-0.2, -0.15) is 0 Å². The van der Waals surface area contributed by atoms with E-state index in [1.165, 1.54) is 0 Å². The summed E-state index contributed by atoms with van der Waals surface area (Å²) in [5, 5.41) is 0.681. The van der Waals surface area contributed by atoms with Crippen molar-refractivity contribution in [2.45, 2.75) is 20.5 Å². The maximum Gasteiger partial charge on any atom is 0.131 e. The van der Waals surface area contributed by atoms with E-state index in [1.807, 2.05) is 86.6 Å². The smallest absolute Gasteiger partial charge is 0.131 e. The first-order valence-electron chi connectivity index (χ1n) is 9.66. The van der Waals surface area contributed by atoms with Crippen LogP contribution in [0.1, 0.15) is 19.4 Å². The minimum Gasteiger partial charge on any atom is -0.497 e. The fourth-order valence-corrected chi connectivity index (χ4v) is 2.74. The molecule has 0 saturated heterocycles. The average molecular weight is 425 g/mol. The molecular weight excluding hydrogens is 400 g/mol. The van der Waals surface area contributed by atoms with E-state index in [9.17, 15) is 0 Å². The molecule has 0 radical (unpaired) electrons. The monoisotopic (exact) mass is 424 g/mol. The summed E-state index contributed by atoms with van der Waals surface area (Å²) in [5.74, 6) is 3.09. The molecule has 5 nitrogen and oxygen atoms in total. The van der Waals surface area contributed by atoms with Crippen LogP contribution in [0.25, 0.3) is 0 Å². The van der Waals surface area contributed by atoms with Crippen molar-refractivity contribution in [3.8, 4) is 17.2 Å². The molecule has 0 heterocycles. The van der Waals surface area contributed by atoms with Gasteiger partial charge in [-0.15, -0.1) is 0 Å². The fraction of sp³-hybridized carbons (Fsp3) is 0.208. The molecule has 30 heavy (non-hydrogen) atoms. The van der Waals surface area contributed by atoms with Gasteiger partial charge in [-0.1, -0.05) is 43.6 Å². The van der Waals surface area contributed by atoms with Crippen molar-refractivity contribution in [3.63, 3.8) is 0 Å². The van der Waals surface area contributed by atoms with E-state index in [2.05, 4.69) is 10.5 Å². The third-order valence-corrected chi connectivity index (χ3v) is 4.47. The molecule has 0 bridgehead atoms. The summed E-state index contributed by atoms with van der Waals surface area (Å²) in [5.41, 5.74) is 4.76. The highest BCUT2D eigenvalue weighted by atomic mass is 35.5. The van der Waals surface area contributed by atoms with E-state index in [0.29, 0.717) is 17.4 Å².